The van der Waals surface area contributed by atoms with Crippen LogP contribution >= 0.6 is 45.2 Å². The Morgan fingerprint density at radius 1 is 1.13 bits per heavy atom. The van der Waals surface area contributed by atoms with Crippen LogP contribution in [0.5, 0.6) is 0 Å². The van der Waals surface area contributed by atoms with Gasteiger partial charge in [0.05, 0.1) is 15.1 Å². The minimum Gasteiger partial charge on any atom is -0.465 e. The molecule has 0 unspecified atom stereocenters. The van der Waals surface area contributed by atoms with Gasteiger partial charge in [0.15, 0.2) is 5.41 Å². The molecule has 15 heavy (non-hydrogen) atoms. The lowest BCUT2D eigenvalue weighted by Gasteiger charge is -2.26. The molecule has 0 rings (SSSR count). The van der Waals surface area contributed by atoms with Gasteiger partial charge in [-0.3, -0.25) is 9.59 Å². The zero-order chi connectivity index (χ0) is 12.1. The molecule has 0 aliphatic rings. The Hall–Kier alpha value is 0.400. The highest BCUT2D eigenvalue weighted by molar-refractivity contribution is 14.2. The molecular formula is C9H14I2O4. The smallest absolute Gasteiger partial charge is 0.325 e. The number of carbonyl (C=O) groups is 2. The summed E-state index contributed by atoms with van der Waals surface area (Å²) in [7, 11) is 0. The van der Waals surface area contributed by atoms with Crippen LogP contribution in [0.3, 0.4) is 0 Å². The lowest BCUT2D eigenvalue weighted by atomic mass is 9.94. The van der Waals surface area contributed by atoms with Gasteiger partial charge in [-0.1, -0.05) is 45.2 Å². The molecule has 88 valence electrons. The van der Waals surface area contributed by atoms with Gasteiger partial charge in [0, 0.05) is 0 Å². The number of hydrogen-bond acceptors (Lipinski definition) is 4. The van der Waals surface area contributed by atoms with Gasteiger partial charge in [-0.2, -0.15) is 0 Å². The second kappa shape index (κ2) is 6.87. The van der Waals surface area contributed by atoms with Crippen LogP contribution in [0, 0.1) is 5.41 Å². The Kier molecular flexibility index (Phi) is 7.05. The fraction of sp³-hybridized carbons (Fsp3) is 0.778. The van der Waals surface area contributed by atoms with Crippen LogP contribution in [-0.4, -0.2) is 27.1 Å². The lowest BCUT2D eigenvalue weighted by molar-refractivity contribution is -0.168. The normalized spacial score (nSPS) is 11.3. The third-order valence-electron chi connectivity index (χ3n) is 1.84. The van der Waals surface area contributed by atoms with Crippen molar-refractivity contribution in [3.8, 4) is 0 Å². The first kappa shape index (κ1) is 15.4. The van der Waals surface area contributed by atoms with Crippen LogP contribution in [0.2, 0.25) is 0 Å². The van der Waals surface area contributed by atoms with E-state index in [1.807, 2.05) is 45.2 Å². The minimum atomic E-state index is -1.23. The molecule has 6 heteroatoms. The number of hydrogen-bond donors (Lipinski definition) is 0. The summed E-state index contributed by atoms with van der Waals surface area (Å²) in [5, 5.41) is 0. The summed E-state index contributed by atoms with van der Waals surface area (Å²) in [6, 6.07) is 0. The summed E-state index contributed by atoms with van der Waals surface area (Å²) in [6.07, 6.45) is 0. The molecule has 0 spiro atoms. The van der Waals surface area contributed by atoms with E-state index < -0.39 is 17.4 Å². The van der Waals surface area contributed by atoms with Crippen molar-refractivity contribution in [2.75, 3.05) is 13.2 Å². The molecule has 0 aromatic heterocycles. The third-order valence-corrected chi connectivity index (χ3v) is 4.33. The molecule has 0 saturated carbocycles. The summed E-state index contributed by atoms with van der Waals surface area (Å²) < 4.78 is 9.56. The van der Waals surface area contributed by atoms with Gasteiger partial charge < -0.3 is 9.47 Å². The van der Waals surface area contributed by atoms with Crippen LogP contribution in [0.25, 0.3) is 0 Å². The number of alkyl halides is 2. The highest BCUT2D eigenvalue weighted by atomic mass is 127. The topological polar surface area (TPSA) is 52.6 Å². The molecule has 0 aliphatic heterocycles. The quantitative estimate of drug-likeness (QED) is 0.285. The Labute approximate surface area is 117 Å². The van der Waals surface area contributed by atoms with Crippen molar-refractivity contribution in [3.63, 3.8) is 0 Å². The molecule has 0 bridgehead atoms. The van der Waals surface area contributed by atoms with Crippen molar-refractivity contribution in [1.82, 2.24) is 0 Å². The largest absolute Gasteiger partial charge is 0.465 e. The molecule has 4 nitrogen and oxygen atoms in total. The highest BCUT2D eigenvalue weighted by Crippen LogP contribution is 2.35. The first-order chi connectivity index (χ1) is 6.91. The Bertz CT molecular complexity index is 222. The van der Waals surface area contributed by atoms with E-state index in [9.17, 15) is 9.59 Å². The van der Waals surface area contributed by atoms with Crippen molar-refractivity contribution in [3.05, 3.63) is 0 Å². The monoisotopic (exact) mass is 440 g/mol. The zero-order valence-corrected chi connectivity index (χ0v) is 13.2. The van der Waals surface area contributed by atoms with Crippen molar-refractivity contribution in [1.29, 1.82) is 0 Å². The van der Waals surface area contributed by atoms with E-state index in [2.05, 4.69) is 0 Å². The second-order valence-electron chi connectivity index (χ2n) is 2.94. The van der Waals surface area contributed by atoms with Crippen LogP contribution < -0.4 is 0 Å². The molecule has 0 heterocycles. The average Bonchev–Trinajstić information content (AvgIpc) is 2.16. The number of ether oxygens (including phenoxy) is 2. The third kappa shape index (κ3) is 3.72. The standard InChI is InChI=1S/C9H14I2O4/c1-4-14-7(12)9(3,6(10)11)8(13)15-5-2/h6H,4-5H2,1-3H3. The Morgan fingerprint density at radius 3 is 1.67 bits per heavy atom. The molecule has 0 aromatic rings. The molecule has 0 amide bonds. The highest BCUT2D eigenvalue weighted by Gasteiger charge is 2.49. The summed E-state index contributed by atoms with van der Waals surface area (Å²) in [5.41, 5.74) is -1.23. The van der Waals surface area contributed by atoms with Crippen LogP contribution in [0.4, 0.5) is 0 Å². The predicted molar refractivity (Wildman–Crippen MR) is 73.2 cm³/mol. The molecule has 0 saturated heterocycles. The van der Waals surface area contributed by atoms with Crippen molar-refractivity contribution in [2.24, 2.45) is 5.41 Å². The van der Waals surface area contributed by atoms with Gasteiger partial charge in [-0.05, 0) is 20.8 Å². The molecular weight excluding hydrogens is 426 g/mol. The molecule has 0 fully saturated rings. The van der Waals surface area contributed by atoms with E-state index in [1.54, 1.807) is 20.8 Å². The molecule has 0 N–H and O–H groups in total. The number of esters is 2. The number of halogens is 2. The van der Waals surface area contributed by atoms with Crippen molar-refractivity contribution < 1.29 is 19.1 Å². The maximum absolute atomic E-state index is 11.7. The van der Waals surface area contributed by atoms with Gasteiger partial charge in [-0.25, -0.2) is 0 Å². The van der Waals surface area contributed by atoms with E-state index in [1.165, 1.54) is 0 Å². The fourth-order valence-corrected chi connectivity index (χ4v) is 1.84. The number of carbonyl (C=O) groups excluding carboxylic acids is 2. The SMILES string of the molecule is CCOC(=O)C(C)(C(=O)OCC)C(I)I. The maximum Gasteiger partial charge on any atom is 0.325 e. The van der Waals surface area contributed by atoms with Crippen molar-refractivity contribution >= 4 is 57.1 Å². The van der Waals surface area contributed by atoms with E-state index in [0.29, 0.717) is 0 Å². The van der Waals surface area contributed by atoms with E-state index in [4.69, 9.17) is 9.47 Å². The van der Waals surface area contributed by atoms with Gasteiger partial charge >= 0.3 is 11.9 Å². The summed E-state index contributed by atoms with van der Waals surface area (Å²) >= 11 is 4.03. The number of rotatable bonds is 5. The molecule has 0 aromatic carbocycles. The predicted octanol–water partition coefficient (Wildman–Crippen LogP) is 2.32. The summed E-state index contributed by atoms with van der Waals surface area (Å²) in [4.78, 5) is 23.4. The fourth-order valence-electron chi connectivity index (χ4n) is 0.824. The summed E-state index contributed by atoms with van der Waals surface area (Å²) in [5.74, 6) is -1.06. The van der Waals surface area contributed by atoms with Crippen molar-refractivity contribution in [2.45, 2.75) is 22.7 Å². The van der Waals surface area contributed by atoms with Gasteiger partial charge in [0.2, 0.25) is 0 Å². The lowest BCUT2D eigenvalue weighted by Crippen LogP contribution is -2.44. The Morgan fingerprint density at radius 2 is 1.47 bits per heavy atom. The zero-order valence-electron chi connectivity index (χ0n) is 8.88. The van der Waals surface area contributed by atoms with Gasteiger partial charge in [-0.15, -0.1) is 0 Å². The van der Waals surface area contributed by atoms with Gasteiger partial charge in [0.25, 0.3) is 0 Å². The first-order valence-corrected chi connectivity index (χ1v) is 7.02. The average molecular weight is 440 g/mol. The van der Waals surface area contributed by atoms with E-state index in [0.717, 1.165) is 0 Å². The maximum atomic E-state index is 11.7. The van der Waals surface area contributed by atoms with E-state index >= 15 is 0 Å². The minimum absolute atomic E-state index is 0.217. The molecule has 0 atom stereocenters. The van der Waals surface area contributed by atoms with Crippen LogP contribution in [0.1, 0.15) is 20.8 Å². The van der Waals surface area contributed by atoms with Crippen LogP contribution in [-0.2, 0) is 19.1 Å². The van der Waals surface area contributed by atoms with Crippen LogP contribution in [0.15, 0.2) is 0 Å². The first-order valence-electron chi connectivity index (χ1n) is 4.53. The molecule has 0 radical (unpaired) electrons. The summed E-state index contributed by atoms with van der Waals surface area (Å²) in [6.45, 7) is 5.48. The molecule has 0 aliphatic carbocycles. The Balaban J connectivity index is 4.88. The van der Waals surface area contributed by atoms with E-state index in [-0.39, 0.29) is 15.1 Å². The van der Waals surface area contributed by atoms with Gasteiger partial charge in [0.1, 0.15) is 0 Å². The second-order valence-corrected chi connectivity index (χ2v) is 7.82.